The summed E-state index contributed by atoms with van der Waals surface area (Å²) < 4.78 is 5.28. The van der Waals surface area contributed by atoms with E-state index < -0.39 is 5.60 Å². The van der Waals surface area contributed by atoms with Crippen LogP contribution >= 0.6 is 0 Å². The van der Waals surface area contributed by atoms with E-state index in [0.29, 0.717) is 5.92 Å². The van der Waals surface area contributed by atoms with Crippen LogP contribution in [0, 0.1) is 5.92 Å². The lowest BCUT2D eigenvalue weighted by Crippen LogP contribution is -2.41. The highest BCUT2D eigenvalue weighted by Crippen LogP contribution is 2.25. The van der Waals surface area contributed by atoms with Crippen molar-refractivity contribution >= 4 is 6.09 Å². The Morgan fingerprint density at radius 1 is 1.18 bits per heavy atom. The fraction of sp³-hybridized carbons (Fsp3) is 0.929. The molecule has 1 saturated carbocycles. The molecule has 1 rings (SSSR count). The molecule has 0 aromatic carbocycles. The average Bonchev–Trinajstić information content (AvgIpc) is 2.41. The van der Waals surface area contributed by atoms with Crippen LogP contribution in [-0.4, -0.2) is 17.7 Å². The molecule has 1 fully saturated rings. The van der Waals surface area contributed by atoms with Crippen LogP contribution in [0.4, 0.5) is 4.79 Å². The fourth-order valence-corrected chi connectivity index (χ4v) is 2.42. The first-order valence-electron chi connectivity index (χ1n) is 6.88. The van der Waals surface area contributed by atoms with E-state index in [4.69, 9.17) is 4.74 Å². The van der Waals surface area contributed by atoms with Crippen LogP contribution in [0.1, 0.15) is 66.2 Å². The van der Waals surface area contributed by atoms with Crippen molar-refractivity contribution in [3.05, 3.63) is 0 Å². The van der Waals surface area contributed by atoms with Crippen molar-refractivity contribution in [1.82, 2.24) is 5.32 Å². The first-order chi connectivity index (χ1) is 7.88. The largest absolute Gasteiger partial charge is 0.444 e. The molecule has 0 bridgehead atoms. The van der Waals surface area contributed by atoms with E-state index in [9.17, 15) is 4.79 Å². The molecule has 1 unspecified atom stereocenters. The average molecular weight is 241 g/mol. The lowest BCUT2D eigenvalue weighted by Gasteiger charge is -2.26. The van der Waals surface area contributed by atoms with Gasteiger partial charge in [-0.3, -0.25) is 0 Å². The highest BCUT2D eigenvalue weighted by Gasteiger charge is 2.23. The smallest absolute Gasteiger partial charge is 0.407 e. The van der Waals surface area contributed by atoms with Gasteiger partial charge in [-0.05, 0) is 46.5 Å². The molecule has 0 aromatic heterocycles. The van der Waals surface area contributed by atoms with E-state index in [-0.39, 0.29) is 12.1 Å². The van der Waals surface area contributed by atoms with Crippen molar-refractivity contribution in [2.24, 2.45) is 5.92 Å². The number of amides is 1. The van der Waals surface area contributed by atoms with Crippen molar-refractivity contribution in [3.8, 4) is 0 Å². The lowest BCUT2D eigenvalue weighted by molar-refractivity contribution is 0.0489. The summed E-state index contributed by atoms with van der Waals surface area (Å²) in [5, 5.41) is 2.97. The van der Waals surface area contributed by atoms with Gasteiger partial charge >= 0.3 is 6.09 Å². The van der Waals surface area contributed by atoms with E-state index in [1.165, 1.54) is 38.5 Å². The quantitative estimate of drug-likeness (QED) is 0.745. The van der Waals surface area contributed by atoms with Crippen molar-refractivity contribution in [1.29, 1.82) is 0 Å². The Labute approximate surface area is 105 Å². The second-order valence-electron chi connectivity index (χ2n) is 6.19. The van der Waals surface area contributed by atoms with Crippen molar-refractivity contribution in [2.75, 3.05) is 0 Å². The van der Waals surface area contributed by atoms with Gasteiger partial charge in [-0.25, -0.2) is 4.79 Å². The molecule has 3 nitrogen and oxygen atoms in total. The first kappa shape index (κ1) is 14.3. The molecule has 1 N–H and O–H groups in total. The molecule has 1 amide bonds. The zero-order valence-electron chi connectivity index (χ0n) is 11.7. The van der Waals surface area contributed by atoms with E-state index in [1.807, 2.05) is 20.8 Å². The van der Waals surface area contributed by atoms with Gasteiger partial charge in [-0.15, -0.1) is 0 Å². The van der Waals surface area contributed by atoms with E-state index in [0.717, 1.165) is 0 Å². The van der Waals surface area contributed by atoms with Crippen LogP contribution in [-0.2, 0) is 4.74 Å². The van der Waals surface area contributed by atoms with Gasteiger partial charge in [0, 0.05) is 6.04 Å². The van der Waals surface area contributed by atoms with E-state index in [2.05, 4.69) is 12.2 Å². The predicted octanol–water partition coefficient (Wildman–Crippen LogP) is 3.87. The molecule has 0 saturated heterocycles. The molecular formula is C14H27NO2. The van der Waals surface area contributed by atoms with E-state index >= 15 is 0 Å². The monoisotopic (exact) mass is 241 g/mol. The summed E-state index contributed by atoms with van der Waals surface area (Å²) >= 11 is 0. The summed E-state index contributed by atoms with van der Waals surface area (Å²) in [6, 6.07) is 0.225. The minimum Gasteiger partial charge on any atom is -0.444 e. The molecule has 0 aliphatic heterocycles. The molecule has 0 spiro atoms. The SMILES string of the molecule is CC(NC(=O)OC(C)(C)C)C1CCCCCC1. The maximum absolute atomic E-state index is 11.7. The van der Waals surface area contributed by atoms with Gasteiger partial charge in [0.15, 0.2) is 0 Å². The zero-order valence-corrected chi connectivity index (χ0v) is 11.7. The maximum Gasteiger partial charge on any atom is 0.407 e. The van der Waals surface area contributed by atoms with Gasteiger partial charge in [-0.2, -0.15) is 0 Å². The molecule has 100 valence electrons. The number of alkyl carbamates (subject to hydrolysis) is 1. The highest BCUT2D eigenvalue weighted by atomic mass is 16.6. The maximum atomic E-state index is 11.7. The minimum absolute atomic E-state index is 0.225. The summed E-state index contributed by atoms with van der Waals surface area (Å²) in [6.07, 6.45) is 7.46. The predicted molar refractivity (Wildman–Crippen MR) is 70.0 cm³/mol. The van der Waals surface area contributed by atoms with Crippen LogP contribution in [0.5, 0.6) is 0 Å². The van der Waals surface area contributed by atoms with Crippen molar-refractivity contribution in [2.45, 2.75) is 77.9 Å². The molecule has 0 heterocycles. The number of rotatable bonds is 2. The minimum atomic E-state index is -0.409. The Morgan fingerprint density at radius 2 is 1.71 bits per heavy atom. The third-order valence-corrected chi connectivity index (χ3v) is 3.35. The van der Waals surface area contributed by atoms with Crippen LogP contribution in [0.25, 0.3) is 0 Å². The molecule has 1 atom stereocenters. The van der Waals surface area contributed by atoms with Crippen LogP contribution < -0.4 is 5.32 Å². The Kier molecular flexibility index (Phi) is 5.29. The highest BCUT2D eigenvalue weighted by molar-refractivity contribution is 5.68. The Hall–Kier alpha value is -0.730. The van der Waals surface area contributed by atoms with Crippen LogP contribution in [0.3, 0.4) is 0 Å². The number of carbonyl (C=O) groups excluding carboxylic acids is 1. The summed E-state index contributed by atoms with van der Waals surface area (Å²) in [5.74, 6) is 0.616. The number of carbonyl (C=O) groups is 1. The normalized spacial score (nSPS) is 20.5. The lowest BCUT2D eigenvalue weighted by atomic mass is 9.93. The van der Waals surface area contributed by atoms with Gasteiger partial charge in [-0.1, -0.05) is 25.7 Å². The Morgan fingerprint density at radius 3 is 2.18 bits per heavy atom. The molecule has 0 radical (unpaired) electrons. The first-order valence-corrected chi connectivity index (χ1v) is 6.88. The third-order valence-electron chi connectivity index (χ3n) is 3.35. The van der Waals surface area contributed by atoms with Gasteiger partial charge in [0.2, 0.25) is 0 Å². The Balaban J connectivity index is 2.36. The van der Waals surface area contributed by atoms with E-state index in [1.54, 1.807) is 0 Å². The third kappa shape index (κ3) is 5.94. The topological polar surface area (TPSA) is 38.3 Å². The standard InChI is InChI=1S/C14H27NO2/c1-11(12-9-7-5-6-8-10-12)15-13(16)17-14(2,3)4/h11-12H,5-10H2,1-4H3,(H,15,16). The van der Waals surface area contributed by atoms with Crippen molar-refractivity contribution < 1.29 is 9.53 Å². The summed E-state index contributed by atoms with van der Waals surface area (Å²) in [7, 11) is 0. The molecular weight excluding hydrogens is 214 g/mol. The molecule has 17 heavy (non-hydrogen) atoms. The number of ether oxygens (including phenoxy) is 1. The van der Waals surface area contributed by atoms with Gasteiger partial charge in [0.1, 0.15) is 5.60 Å². The number of hydrogen-bond donors (Lipinski definition) is 1. The second kappa shape index (κ2) is 6.27. The van der Waals surface area contributed by atoms with Crippen LogP contribution in [0.15, 0.2) is 0 Å². The summed E-state index contributed by atoms with van der Waals surface area (Å²) in [4.78, 5) is 11.7. The van der Waals surface area contributed by atoms with Gasteiger partial charge in [0.05, 0.1) is 0 Å². The molecule has 0 aromatic rings. The second-order valence-corrected chi connectivity index (χ2v) is 6.19. The fourth-order valence-electron chi connectivity index (χ4n) is 2.42. The summed E-state index contributed by atoms with van der Waals surface area (Å²) in [5.41, 5.74) is -0.409. The van der Waals surface area contributed by atoms with Crippen LogP contribution in [0.2, 0.25) is 0 Å². The number of nitrogens with one attached hydrogen (secondary N) is 1. The van der Waals surface area contributed by atoms with Gasteiger partial charge < -0.3 is 10.1 Å². The van der Waals surface area contributed by atoms with Gasteiger partial charge in [0.25, 0.3) is 0 Å². The molecule has 3 heteroatoms. The molecule has 1 aliphatic carbocycles. The zero-order chi connectivity index (χ0) is 12.9. The summed E-state index contributed by atoms with van der Waals surface area (Å²) in [6.45, 7) is 7.77. The molecule has 1 aliphatic rings. The Bertz CT molecular complexity index is 237. The number of hydrogen-bond acceptors (Lipinski definition) is 2. The van der Waals surface area contributed by atoms with Crippen molar-refractivity contribution in [3.63, 3.8) is 0 Å².